The number of fused-ring (bicyclic) bond motifs is 1. The average Bonchev–Trinajstić information content (AvgIpc) is 2.86. The van der Waals surface area contributed by atoms with E-state index in [1.54, 1.807) is 0 Å². The fourth-order valence-corrected chi connectivity index (χ4v) is 4.21. The van der Waals surface area contributed by atoms with Gasteiger partial charge >= 0.3 is 0 Å². The van der Waals surface area contributed by atoms with Gasteiger partial charge in [0.1, 0.15) is 5.82 Å². The van der Waals surface area contributed by atoms with Crippen LogP contribution in [0.25, 0.3) is 11.0 Å². The Hall–Kier alpha value is -2.66. The van der Waals surface area contributed by atoms with Crippen molar-refractivity contribution in [1.29, 1.82) is 0 Å². The lowest BCUT2D eigenvalue weighted by atomic mass is 10.1. The number of aryl methyl sites for hydroxylation is 2. The van der Waals surface area contributed by atoms with Gasteiger partial charge in [-0.1, -0.05) is 30.5 Å². The Morgan fingerprint density at radius 3 is 2.59 bits per heavy atom. The van der Waals surface area contributed by atoms with Gasteiger partial charge < -0.3 is 9.88 Å². The minimum atomic E-state index is -0.0900. The number of rotatable bonds is 5. The molecule has 1 fully saturated rings. The Labute approximate surface area is 172 Å². The summed E-state index contributed by atoms with van der Waals surface area (Å²) in [5.74, 6) is 1.03. The van der Waals surface area contributed by atoms with Gasteiger partial charge in [0, 0.05) is 17.8 Å². The lowest BCUT2D eigenvalue weighted by Crippen LogP contribution is -2.25. The zero-order chi connectivity index (χ0) is 20.2. The van der Waals surface area contributed by atoms with Crippen LogP contribution in [0.3, 0.4) is 0 Å². The molecule has 152 valence electrons. The maximum absolute atomic E-state index is 12.6. The summed E-state index contributed by atoms with van der Waals surface area (Å²) >= 11 is 0. The second-order valence-corrected chi connectivity index (χ2v) is 7.99. The molecule has 0 spiro atoms. The molecular weight excluding hydrogens is 360 g/mol. The molecule has 2 aromatic carbocycles. The Morgan fingerprint density at radius 1 is 1.07 bits per heavy atom. The fraction of sp³-hybridized carbons (Fsp3) is 0.417. The van der Waals surface area contributed by atoms with E-state index in [4.69, 9.17) is 4.98 Å². The molecule has 5 heteroatoms. The van der Waals surface area contributed by atoms with Crippen LogP contribution in [0.5, 0.6) is 0 Å². The van der Waals surface area contributed by atoms with E-state index < -0.39 is 0 Å². The number of benzene rings is 2. The normalized spacial score (nSPS) is 15.4. The highest BCUT2D eigenvalue weighted by molar-refractivity contribution is 6.05. The number of carbonyl (C=O) groups excluding carboxylic acids is 1. The third-order valence-corrected chi connectivity index (χ3v) is 5.75. The molecule has 3 aromatic rings. The molecule has 1 saturated heterocycles. The number of hydrogen-bond donors (Lipinski definition) is 1. The van der Waals surface area contributed by atoms with Crippen LogP contribution < -0.4 is 5.32 Å². The summed E-state index contributed by atoms with van der Waals surface area (Å²) in [5, 5.41) is 3.02. The fourth-order valence-electron chi connectivity index (χ4n) is 4.21. The summed E-state index contributed by atoms with van der Waals surface area (Å²) < 4.78 is 2.30. The first-order chi connectivity index (χ1) is 14.1. The van der Waals surface area contributed by atoms with Crippen molar-refractivity contribution in [3.8, 4) is 0 Å². The number of aromatic nitrogens is 2. The second-order valence-electron chi connectivity index (χ2n) is 7.99. The van der Waals surface area contributed by atoms with Crippen LogP contribution in [-0.4, -0.2) is 33.4 Å². The predicted octanol–water partition coefficient (Wildman–Crippen LogP) is 4.99. The Bertz CT molecular complexity index is 999. The molecule has 0 saturated carbocycles. The van der Waals surface area contributed by atoms with Crippen molar-refractivity contribution >= 4 is 22.6 Å². The van der Waals surface area contributed by atoms with E-state index in [9.17, 15) is 4.79 Å². The van der Waals surface area contributed by atoms with Crippen LogP contribution in [0.4, 0.5) is 5.69 Å². The van der Waals surface area contributed by atoms with Gasteiger partial charge in [-0.3, -0.25) is 9.69 Å². The van der Waals surface area contributed by atoms with Crippen LogP contribution in [0.15, 0.2) is 42.5 Å². The van der Waals surface area contributed by atoms with Gasteiger partial charge in [0.15, 0.2) is 0 Å². The molecule has 0 aliphatic carbocycles. The van der Waals surface area contributed by atoms with E-state index in [1.165, 1.54) is 25.7 Å². The van der Waals surface area contributed by atoms with Crippen molar-refractivity contribution in [2.45, 2.75) is 52.6 Å². The van der Waals surface area contributed by atoms with Crippen molar-refractivity contribution in [2.24, 2.45) is 0 Å². The smallest absolute Gasteiger partial charge is 0.255 e. The molecule has 0 bridgehead atoms. The van der Waals surface area contributed by atoms with Gasteiger partial charge in [0.05, 0.1) is 17.6 Å². The molecular formula is C24H30N4O. The maximum Gasteiger partial charge on any atom is 0.255 e. The van der Waals surface area contributed by atoms with Gasteiger partial charge in [-0.05, 0) is 70.1 Å². The molecule has 0 radical (unpaired) electrons. The first kappa shape index (κ1) is 19.6. The van der Waals surface area contributed by atoms with E-state index in [2.05, 4.69) is 27.8 Å². The third kappa shape index (κ3) is 4.51. The minimum absolute atomic E-state index is 0.0900. The molecule has 29 heavy (non-hydrogen) atoms. The molecule has 2 heterocycles. The molecule has 4 rings (SSSR count). The predicted molar refractivity (Wildman–Crippen MR) is 118 cm³/mol. The number of nitrogens with one attached hydrogen (secondary N) is 1. The minimum Gasteiger partial charge on any atom is -0.327 e. The van der Waals surface area contributed by atoms with Gasteiger partial charge in [-0.2, -0.15) is 0 Å². The van der Waals surface area contributed by atoms with E-state index in [-0.39, 0.29) is 5.91 Å². The summed E-state index contributed by atoms with van der Waals surface area (Å²) in [7, 11) is 0. The zero-order valence-corrected chi connectivity index (χ0v) is 17.4. The largest absolute Gasteiger partial charge is 0.327 e. The van der Waals surface area contributed by atoms with Crippen LogP contribution in [0.2, 0.25) is 0 Å². The first-order valence-electron chi connectivity index (χ1n) is 10.7. The second kappa shape index (κ2) is 8.78. The highest BCUT2D eigenvalue weighted by Gasteiger charge is 2.16. The molecule has 1 aromatic heterocycles. The molecule has 1 N–H and O–H groups in total. The molecule has 5 nitrogen and oxygen atoms in total. The van der Waals surface area contributed by atoms with Crippen LogP contribution >= 0.6 is 0 Å². The van der Waals surface area contributed by atoms with Crippen molar-refractivity contribution < 1.29 is 4.79 Å². The average molecular weight is 391 g/mol. The van der Waals surface area contributed by atoms with Gasteiger partial charge in [-0.15, -0.1) is 0 Å². The molecule has 1 amide bonds. The quantitative estimate of drug-likeness (QED) is 0.667. The molecule has 0 atom stereocenters. The van der Waals surface area contributed by atoms with Crippen LogP contribution in [0, 0.1) is 6.92 Å². The van der Waals surface area contributed by atoms with Crippen LogP contribution in [-0.2, 0) is 13.1 Å². The summed E-state index contributed by atoms with van der Waals surface area (Å²) in [6.07, 6.45) is 5.23. The Balaban J connectivity index is 1.56. The van der Waals surface area contributed by atoms with Crippen molar-refractivity contribution in [3.05, 3.63) is 59.4 Å². The Morgan fingerprint density at radius 2 is 1.86 bits per heavy atom. The highest BCUT2D eigenvalue weighted by atomic mass is 16.1. The topological polar surface area (TPSA) is 50.2 Å². The number of hydrogen-bond acceptors (Lipinski definition) is 3. The first-order valence-corrected chi connectivity index (χ1v) is 10.7. The lowest BCUT2D eigenvalue weighted by Gasteiger charge is -2.19. The van der Waals surface area contributed by atoms with Crippen molar-refractivity contribution in [3.63, 3.8) is 0 Å². The van der Waals surface area contributed by atoms with Crippen molar-refractivity contribution in [1.82, 2.24) is 14.5 Å². The number of likely N-dealkylation sites (tertiary alicyclic amines) is 1. The van der Waals surface area contributed by atoms with Gasteiger partial charge in [0.25, 0.3) is 5.91 Å². The van der Waals surface area contributed by atoms with Gasteiger partial charge in [-0.25, -0.2) is 4.98 Å². The zero-order valence-electron chi connectivity index (χ0n) is 17.4. The summed E-state index contributed by atoms with van der Waals surface area (Å²) in [6.45, 7) is 8.27. The van der Waals surface area contributed by atoms with E-state index >= 15 is 0 Å². The summed E-state index contributed by atoms with van der Waals surface area (Å²) in [6, 6.07) is 13.7. The number of nitrogens with zero attached hydrogens (tertiary/aromatic N) is 3. The number of carbonyl (C=O) groups is 1. The maximum atomic E-state index is 12.6. The monoisotopic (exact) mass is 390 g/mol. The SMILES string of the molecule is CCn1c(CN2CCCCCC2)nc2cc(NC(=O)c3cccc(C)c3)ccc21. The molecule has 0 unspecified atom stereocenters. The molecule has 1 aliphatic rings. The third-order valence-electron chi connectivity index (χ3n) is 5.75. The number of anilines is 1. The van der Waals surface area contributed by atoms with E-state index in [1.807, 2.05) is 43.3 Å². The van der Waals surface area contributed by atoms with Gasteiger partial charge in [0.2, 0.25) is 0 Å². The van der Waals surface area contributed by atoms with Crippen LogP contribution in [0.1, 0.15) is 54.4 Å². The highest BCUT2D eigenvalue weighted by Crippen LogP contribution is 2.23. The number of amides is 1. The van der Waals surface area contributed by atoms with E-state index in [0.29, 0.717) is 5.56 Å². The van der Waals surface area contributed by atoms with Crippen molar-refractivity contribution in [2.75, 3.05) is 18.4 Å². The molecule has 1 aliphatic heterocycles. The van der Waals surface area contributed by atoms with E-state index in [0.717, 1.165) is 54.3 Å². The summed E-state index contributed by atoms with van der Waals surface area (Å²) in [5.41, 5.74) is 4.61. The Kier molecular flexibility index (Phi) is 5.95. The number of imidazole rings is 1. The summed E-state index contributed by atoms with van der Waals surface area (Å²) in [4.78, 5) is 20.0. The lowest BCUT2D eigenvalue weighted by molar-refractivity contribution is 0.102. The standard InChI is InChI=1S/C24H30N4O/c1-3-28-22-12-11-20(25-24(29)19-10-8-9-18(2)15-19)16-21(22)26-23(28)17-27-13-6-4-5-7-14-27/h8-12,15-16H,3-7,13-14,17H2,1-2H3,(H,25,29).